The van der Waals surface area contributed by atoms with Gasteiger partial charge < -0.3 is 9.47 Å². The Morgan fingerprint density at radius 2 is 2.08 bits per heavy atom. The third-order valence-corrected chi connectivity index (χ3v) is 4.90. The van der Waals surface area contributed by atoms with Gasteiger partial charge in [-0.2, -0.15) is 0 Å². The van der Waals surface area contributed by atoms with Gasteiger partial charge in [-0.05, 0) is 43.2 Å². The first kappa shape index (κ1) is 15.8. The summed E-state index contributed by atoms with van der Waals surface area (Å²) in [7, 11) is 0. The molecule has 0 radical (unpaired) electrons. The molecule has 128 valence electrons. The van der Waals surface area contributed by atoms with Gasteiger partial charge in [0.05, 0.1) is 23.5 Å². The highest BCUT2D eigenvalue weighted by molar-refractivity contribution is 5.79. The van der Waals surface area contributed by atoms with E-state index in [9.17, 15) is 9.18 Å². The fourth-order valence-electron chi connectivity index (χ4n) is 3.74. The number of benzene rings is 2. The van der Waals surface area contributed by atoms with Crippen LogP contribution in [-0.2, 0) is 11.2 Å². The summed E-state index contributed by atoms with van der Waals surface area (Å²) in [6.07, 6.45) is 1.16. The van der Waals surface area contributed by atoms with E-state index in [0.717, 1.165) is 35.4 Å². The first-order valence-corrected chi connectivity index (χ1v) is 8.57. The molecule has 1 saturated heterocycles. The number of nitrogens with zero attached hydrogens (tertiary/aromatic N) is 3. The molecule has 0 aliphatic carbocycles. The van der Waals surface area contributed by atoms with Crippen molar-refractivity contribution in [1.82, 2.24) is 14.5 Å². The molecule has 0 bridgehead atoms. The van der Waals surface area contributed by atoms with Crippen molar-refractivity contribution in [3.63, 3.8) is 0 Å². The lowest BCUT2D eigenvalue weighted by molar-refractivity contribution is -0.129. The number of carbonyl (C=O) groups excluding carboxylic acids is 1. The summed E-state index contributed by atoms with van der Waals surface area (Å²) < 4.78 is 15.5. The third-order valence-electron chi connectivity index (χ3n) is 4.90. The monoisotopic (exact) mass is 337 g/mol. The molecule has 1 aliphatic rings. The van der Waals surface area contributed by atoms with Crippen LogP contribution in [0.4, 0.5) is 4.39 Å². The van der Waals surface area contributed by atoms with Gasteiger partial charge in [0.2, 0.25) is 5.91 Å². The summed E-state index contributed by atoms with van der Waals surface area (Å²) in [6, 6.07) is 14.6. The van der Waals surface area contributed by atoms with Crippen LogP contribution in [0.2, 0.25) is 0 Å². The van der Waals surface area contributed by atoms with Gasteiger partial charge in [0, 0.05) is 13.1 Å². The summed E-state index contributed by atoms with van der Waals surface area (Å²) in [5.74, 6) is 0.728. The summed E-state index contributed by atoms with van der Waals surface area (Å²) >= 11 is 0. The van der Waals surface area contributed by atoms with E-state index < -0.39 is 0 Å². The van der Waals surface area contributed by atoms with Gasteiger partial charge in [0.1, 0.15) is 11.6 Å². The summed E-state index contributed by atoms with van der Waals surface area (Å²) in [4.78, 5) is 19.1. The van der Waals surface area contributed by atoms with Crippen molar-refractivity contribution in [1.29, 1.82) is 0 Å². The highest BCUT2D eigenvalue weighted by Crippen LogP contribution is 2.28. The Labute approximate surface area is 145 Å². The van der Waals surface area contributed by atoms with E-state index in [1.165, 1.54) is 12.1 Å². The number of amides is 1. The molecule has 0 spiro atoms. The average Bonchev–Trinajstić information content (AvgIpc) is 3.18. The van der Waals surface area contributed by atoms with E-state index in [2.05, 4.69) is 15.6 Å². The van der Waals surface area contributed by atoms with Gasteiger partial charge in [-0.15, -0.1) is 0 Å². The minimum atomic E-state index is -0.301. The van der Waals surface area contributed by atoms with Crippen LogP contribution in [-0.4, -0.2) is 33.4 Å². The number of rotatable bonds is 3. The molecular weight excluding hydrogens is 317 g/mol. The second-order valence-electron chi connectivity index (χ2n) is 6.61. The predicted molar refractivity (Wildman–Crippen MR) is 94.8 cm³/mol. The van der Waals surface area contributed by atoms with Gasteiger partial charge in [-0.1, -0.05) is 24.3 Å². The fraction of sp³-hybridized carbons (Fsp3) is 0.300. The summed E-state index contributed by atoms with van der Waals surface area (Å²) in [5.41, 5.74) is 2.83. The largest absolute Gasteiger partial charge is 0.340 e. The van der Waals surface area contributed by atoms with Crippen LogP contribution >= 0.6 is 0 Å². The number of hydrogen-bond acceptors (Lipinski definition) is 2. The third kappa shape index (κ3) is 3.02. The van der Waals surface area contributed by atoms with Crippen molar-refractivity contribution < 1.29 is 9.18 Å². The first-order chi connectivity index (χ1) is 12.1. The number of likely N-dealkylation sites (tertiary alicyclic amines) is 1. The molecule has 1 fully saturated rings. The number of fused-ring (bicyclic) bond motifs is 1. The van der Waals surface area contributed by atoms with E-state index in [1.54, 1.807) is 12.1 Å². The molecule has 4 rings (SSSR count). The number of aryl methyl sites for hydroxylation is 1. The molecule has 5 heteroatoms. The van der Waals surface area contributed by atoms with Crippen LogP contribution in [0, 0.1) is 12.7 Å². The lowest BCUT2D eigenvalue weighted by Crippen LogP contribution is -2.30. The number of hydrogen-bond donors (Lipinski definition) is 0. The van der Waals surface area contributed by atoms with Crippen LogP contribution < -0.4 is 0 Å². The standard InChI is InChI=1S/C20H20FN3O/c1-14-22-18-7-2-3-8-19(18)24(14)17-9-10-23(13-17)20(25)12-15-5-4-6-16(21)11-15/h2-8,11,17H,9-10,12-13H2,1H3/t17-/m1/s1. The van der Waals surface area contributed by atoms with E-state index >= 15 is 0 Å². The molecule has 0 unspecified atom stereocenters. The molecule has 1 atom stereocenters. The average molecular weight is 337 g/mol. The quantitative estimate of drug-likeness (QED) is 0.734. The molecule has 0 N–H and O–H groups in total. The molecule has 2 heterocycles. The van der Waals surface area contributed by atoms with E-state index in [4.69, 9.17) is 0 Å². The van der Waals surface area contributed by atoms with Gasteiger partial charge >= 0.3 is 0 Å². The van der Waals surface area contributed by atoms with Crippen molar-refractivity contribution in [2.45, 2.75) is 25.8 Å². The van der Waals surface area contributed by atoms with Gasteiger partial charge in [-0.3, -0.25) is 4.79 Å². The predicted octanol–water partition coefficient (Wildman–Crippen LogP) is 3.50. The number of imidazole rings is 1. The number of carbonyl (C=O) groups is 1. The van der Waals surface area contributed by atoms with Crippen molar-refractivity contribution in [3.05, 3.63) is 65.7 Å². The van der Waals surface area contributed by atoms with Gasteiger partial charge in [0.15, 0.2) is 0 Å². The highest BCUT2D eigenvalue weighted by atomic mass is 19.1. The SMILES string of the molecule is Cc1nc2ccccc2n1[C@@H]1CCN(C(=O)Cc2cccc(F)c2)C1. The Morgan fingerprint density at radius 3 is 2.92 bits per heavy atom. The van der Waals surface area contributed by atoms with Crippen LogP contribution in [0.15, 0.2) is 48.5 Å². The second-order valence-corrected chi connectivity index (χ2v) is 6.61. The smallest absolute Gasteiger partial charge is 0.227 e. The number of halogens is 1. The van der Waals surface area contributed by atoms with E-state index in [1.807, 2.05) is 30.0 Å². The Morgan fingerprint density at radius 1 is 1.24 bits per heavy atom. The molecule has 2 aromatic carbocycles. The zero-order chi connectivity index (χ0) is 17.4. The van der Waals surface area contributed by atoms with E-state index in [-0.39, 0.29) is 24.2 Å². The molecule has 4 nitrogen and oxygen atoms in total. The maximum atomic E-state index is 13.3. The van der Waals surface area contributed by atoms with Crippen LogP contribution in [0.3, 0.4) is 0 Å². The Kier molecular flexibility index (Phi) is 3.99. The number of para-hydroxylation sites is 2. The van der Waals surface area contributed by atoms with Crippen molar-refractivity contribution in [3.8, 4) is 0 Å². The van der Waals surface area contributed by atoms with Crippen LogP contribution in [0.25, 0.3) is 11.0 Å². The fourth-order valence-corrected chi connectivity index (χ4v) is 3.74. The molecule has 1 aromatic heterocycles. The van der Waals surface area contributed by atoms with Crippen LogP contribution in [0.1, 0.15) is 23.9 Å². The van der Waals surface area contributed by atoms with Crippen molar-refractivity contribution in [2.24, 2.45) is 0 Å². The highest BCUT2D eigenvalue weighted by Gasteiger charge is 2.29. The molecule has 3 aromatic rings. The van der Waals surface area contributed by atoms with Gasteiger partial charge in [0.25, 0.3) is 0 Å². The number of aromatic nitrogens is 2. The summed E-state index contributed by atoms with van der Waals surface area (Å²) in [5, 5.41) is 0. The zero-order valence-electron chi connectivity index (χ0n) is 14.2. The topological polar surface area (TPSA) is 38.1 Å². The van der Waals surface area contributed by atoms with Crippen molar-refractivity contribution in [2.75, 3.05) is 13.1 Å². The first-order valence-electron chi connectivity index (χ1n) is 8.57. The van der Waals surface area contributed by atoms with Crippen LogP contribution in [0.5, 0.6) is 0 Å². The van der Waals surface area contributed by atoms with E-state index in [0.29, 0.717) is 6.54 Å². The zero-order valence-corrected chi connectivity index (χ0v) is 14.2. The normalized spacial score (nSPS) is 17.4. The Balaban J connectivity index is 1.51. The maximum absolute atomic E-state index is 13.3. The molecule has 25 heavy (non-hydrogen) atoms. The second kappa shape index (κ2) is 6.31. The summed E-state index contributed by atoms with van der Waals surface area (Å²) in [6.45, 7) is 3.41. The minimum absolute atomic E-state index is 0.0511. The lowest BCUT2D eigenvalue weighted by Gasteiger charge is -2.18. The maximum Gasteiger partial charge on any atom is 0.227 e. The molecular formula is C20H20FN3O. The minimum Gasteiger partial charge on any atom is -0.340 e. The molecule has 1 amide bonds. The van der Waals surface area contributed by atoms with Crippen molar-refractivity contribution >= 4 is 16.9 Å². The Hall–Kier alpha value is -2.69. The lowest BCUT2D eigenvalue weighted by atomic mass is 10.1. The molecule has 1 aliphatic heterocycles. The van der Waals surface area contributed by atoms with Gasteiger partial charge in [-0.25, -0.2) is 9.37 Å². The Bertz CT molecular complexity index is 934. The molecule has 0 saturated carbocycles.